The summed E-state index contributed by atoms with van der Waals surface area (Å²) in [5.74, 6) is 0.582. The van der Waals surface area contributed by atoms with Crippen molar-refractivity contribution in [3.63, 3.8) is 0 Å². The predicted octanol–water partition coefficient (Wildman–Crippen LogP) is 3.69. The molecular weight excluding hydrogens is 194 g/mol. The maximum absolute atomic E-state index is 4.14. The fourth-order valence-corrected chi connectivity index (χ4v) is 2.62. The monoisotopic (exact) mass is 215 g/mol. The number of hydrogen-bond donors (Lipinski definition) is 1. The second-order valence-electron chi connectivity index (χ2n) is 4.99. The minimum absolute atomic E-state index is 0.447. The average molecular weight is 215 g/mol. The zero-order valence-corrected chi connectivity index (χ0v) is 10.2. The lowest BCUT2D eigenvalue weighted by molar-refractivity contribution is 0.271. The van der Waals surface area contributed by atoms with Gasteiger partial charge in [0, 0.05) is 12.1 Å². The van der Waals surface area contributed by atoms with Gasteiger partial charge in [-0.2, -0.15) is 0 Å². The Morgan fingerprint density at radius 3 is 2.56 bits per heavy atom. The molecule has 1 aliphatic heterocycles. The molecule has 2 rings (SSSR count). The summed E-state index contributed by atoms with van der Waals surface area (Å²) in [6.07, 6.45) is 2.50. The van der Waals surface area contributed by atoms with E-state index in [1.54, 1.807) is 0 Å². The second-order valence-corrected chi connectivity index (χ2v) is 4.99. The molecule has 0 unspecified atom stereocenters. The summed E-state index contributed by atoms with van der Waals surface area (Å²) in [6.45, 7) is 8.56. The van der Waals surface area contributed by atoms with Crippen molar-refractivity contribution in [3.05, 3.63) is 48.0 Å². The lowest BCUT2D eigenvalue weighted by Gasteiger charge is -2.37. The highest BCUT2D eigenvalue weighted by molar-refractivity contribution is 5.23. The van der Waals surface area contributed by atoms with E-state index in [4.69, 9.17) is 0 Å². The van der Waals surface area contributed by atoms with Crippen molar-refractivity contribution in [2.75, 3.05) is 0 Å². The van der Waals surface area contributed by atoms with Gasteiger partial charge in [0.2, 0.25) is 0 Å². The summed E-state index contributed by atoms with van der Waals surface area (Å²) < 4.78 is 0. The zero-order chi connectivity index (χ0) is 11.5. The highest BCUT2D eigenvalue weighted by Gasteiger charge is 2.29. The van der Waals surface area contributed by atoms with E-state index >= 15 is 0 Å². The third-order valence-electron chi connectivity index (χ3n) is 3.57. The number of nitrogens with one attached hydrogen (secondary N) is 1. The van der Waals surface area contributed by atoms with Gasteiger partial charge in [0.25, 0.3) is 0 Å². The van der Waals surface area contributed by atoms with Crippen LogP contribution in [0.25, 0.3) is 0 Å². The van der Waals surface area contributed by atoms with Gasteiger partial charge in [-0.05, 0) is 38.2 Å². The van der Waals surface area contributed by atoms with Crippen LogP contribution in [0.1, 0.15) is 38.3 Å². The molecule has 1 aliphatic rings. The number of hydrogen-bond acceptors (Lipinski definition) is 1. The summed E-state index contributed by atoms with van der Waals surface area (Å²) in [6, 6.07) is 11.8. The van der Waals surface area contributed by atoms with Crippen molar-refractivity contribution in [1.82, 2.24) is 5.32 Å². The summed E-state index contributed by atoms with van der Waals surface area (Å²) in [7, 11) is 0. The van der Waals surface area contributed by atoms with Crippen LogP contribution in [0.3, 0.4) is 0 Å². The van der Waals surface area contributed by atoms with Crippen molar-refractivity contribution in [1.29, 1.82) is 0 Å². The molecule has 3 atom stereocenters. The fourth-order valence-electron chi connectivity index (χ4n) is 2.62. The Balaban J connectivity index is 2.24. The standard InChI is InChI=1S/C15H21N/c1-11(2)14-10-9-12(3)16-15(14)13-7-5-4-6-8-13/h4-8,12,14-16H,1,9-10H2,2-3H3/t12-,14+,15-/m1/s1. The molecule has 1 fully saturated rings. The molecule has 1 heterocycles. The van der Waals surface area contributed by atoms with Crippen LogP contribution in [0.4, 0.5) is 0 Å². The van der Waals surface area contributed by atoms with Crippen LogP contribution in [0, 0.1) is 5.92 Å². The third-order valence-corrected chi connectivity index (χ3v) is 3.57. The molecule has 1 aromatic rings. The van der Waals surface area contributed by atoms with Crippen molar-refractivity contribution in [3.8, 4) is 0 Å². The molecule has 86 valence electrons. The Bertz CT molecular complexity index is 355. The highest BCUT2D eigenvalue weighted by Crippen LogP contribution is 2.35. The molecule has 1 N–H and O–H groups in total. The minimum Gasteiger partial charge on any atom is -0.307 e. The van der Waals surface area contributed by atoms with Gasteiger partial charge < -0.3 is 5.32 Å². The summed E-state index contributed by atoms with van der Waals surface area (Å²) in [4.78, 5) is 0. The van der Waals surface area contributed by atoms with Crippen LogP contribution in [-0.4, -0.2) is 6.04 Å². The van der Waals surface area contributed by atoms with Crippen LogP contribution in [0.5, 0.6) is 0 Å². The Morgan fingerprint density at radius 2 is 1.94 bits per heavy atom. The largest absolute Gasteiger partial charge is 0.307 e. The first kappa shape index (κ1) is 11.4. The molecule has 0 radical (unpaired) electrons. The van der Waals surface area contributed by atoms with Crippen molar-refractivity contribution >= 4 is 0 Å². The molecule has 1 saturated heterocycles. The zero-order valence-electron chi connectivity index (χ0n) is 10.2. The van der Waals surface area contributed by atoms with Gasteiger partial charge in [0.05, 0.1) is 0 Å². The maximum atomic E-state index is 4.14. The van der Waals surface area contributed by atoms with Gasteiger partial charge in [0.1, 0.15) is 0 Å². The topological polar surface area (TPSA) is 12.0 Å². The van der Waals surface area contributed by atoms with E-state index in [-0.39, 0.29) is 0 Å². The molecule has 0 spiro atoms. The normalized spacial score (nSPS) is 30.0. The fraction of sp³-hybridized carbons (Fsp3) is 0.467. The lowest BCUT2D eigenvalue weighted by Crippen LogP contribution is -2.40. The summed E-state index contributed by atoms with van der Waals surface area (Å²) in [5.41, 5.74) is 2.69. The van der Waals surface area contributed by atoms with Crippen LogP contribution in [0.15, 0.2) is 42.5 Å². The number of benzene rings is 1. The first-order chi connectivity index (χ1) is 7.68. The van der Waals surface area contributed by atoms with E-state index in [0.29, 0.717) is 18.0 Å². The predicted molar refractivity (Wildman–Crippen MR) is 69.3 cm³/mol. The maximum Gasteiger partial charge on any atom is 0.0388 e. The van der Waals surface area contributed by atoms with Crippen LogP contribution >= 0.6 is 0 Å². The van der Waals surface area contributed by atoms with Crippen LogP contribution in [-0.2, 0) is 0 Å². The molecule has 1 aromatic carbocycles. The van der Waals surface area contributed by atoms with E-state index in [9.17, 15) is 0 Å². The molecule has 0 bridgehead atoms. The number of rotatable bonds is 2. The third kappa shape index (κ3) is 2.35. The smallest absolute Gasteiger partial charge is 0.0388 e. The van der Waals surface area contributed by atoms with Gasteiger partial charge in [-0.1, -0.05) is 42.5 Å². The molecule has 0 amide bonds. The molecule has 0 aliphatic carbocycles. The van der Waals surface area contributed by atoms with E-state index < -0.39 is 0 Å². The van der Waals surface area contributed by atoms with Crippen LogP contribution < -0.4 is 5.32 Å². The summed E-state index contributed by atoms with van der Waals surface area (Å²) in [5, 5.41) is 3.70. The van der Waals surface area contributed by atoms with Gasteiger partial charge in [-0.25, -0.2) is 0 Å². The second kappa shape index (κ2) is 4.84. The van der Waals surface area contributed by atoms with E-state index in [1.165, 1.54) is 24.0 Å². The highest BCUT2D eigenvalue weighted by atomic mass is 15.0. The Kier molecular flexibility index (Phi) is 3.45. The van der Waals surface area contributed by atoms with Gasteiger partial charge in [-0.3, -0.25) is 0 Å². The summed E-state index contributed by atoms with van der Waals surface area (Å²) >= 11 is 0. The quantitative estimate of drug-likeness (QED) is 0.742. The van der Waals surface area contributed by atoms with Gasteiger partial charge in [0.15, 0.2) is 0 Å². The average Bonchev–Trinajstić information content (AvgIpc) is 2.29. The first-order valence-electron chi connectivity index (χ1n) is 6.15. The molecule has 16 heavy (non-hydrogen) atoms. The van der Waals surface area contributed by atoms with E-state index in [1.807, 2.05) is 0 Å². The SMILES string of the molecule is C=C(C)[C@@H]1CC[C@@H](C)N[C@@H]1c1ccccc1. The molecule has 1 heteroatoms. The van der Waals surface area contributed by atoms with E-state index in [2.05, 4.69) is 56.1 Å². The van der Waals surface area contributed by atoms with E-state index in [0.717, 1.165) is 0 Å². The molecule has 0 aromatic heterocycles. The van der Waals surface area contributed by atoms with Crippen molar-refractivity contribution in [2.45, 2.75) is 38.8 Å². The molecule has 0 saturated carbocycles. The van der Waals surface area contributed by atoms with Crippen molar-refractivity contribution < 1.29 is 0 Å². The minimum atomic E-state index is 0.447. The molecule has 1 nitrogen and oxygen atoms in total. The van der Waals surface area contributed by atoms with Gasteiger partial charge in [-0.15, -0.1) is 0 Å². The van der Waals surface area contributed by atoms with Gasteiger partial charge >= 0.3 is 0 Å². The van der Waals surface area contributed by atoms with Crippen molar-refractivity contribution in [2.24, 2.45) is 5.92 Å². The number of piperidine rings is 1. The Hall–Kier alpha value is -1.08. The Labute approximate surface area is 98.6 Å². The molecular formula is C15H21N. The first-order valence-corrected chi connectivity index (χ1v) is 6.15. The van der Waals surface area contributed by atoms with Crippen LogP contribution in [0.2, 0.25) is 0 Å². The lowest BCUT2D eigenvalue weighted by atomic mass is 9.80. The Morgan fingerprint density at radius 1 is 1.25 bits per heavy atom.